The number of aryl methyl sites for hydroxylation is 1. The van der Waals surface area contributed by atoms with E-state index in [0.717, 1.165) is 22.4 Å². The average molecular weight is 368 g/mol. The number of esters is 1. The van der Waals surface area contributed by atoms with Crippen molar-refractivity contribution in [2.45, 2.75) is 33.8 Å². The van der Waals surface area contributed by atoms with Gasteiger partial charge in [0.1, 0.15) is 12.3 Å². The minimum absolute atomic E-state index is 0.233. The number of alkyl carbamates (subject to hydrolysis) is 1. The Balaban J connectivity index is 1.80. The van der Waals surface area contributed by atoms with Crippen molar-refractivity contribution in [1.82, 2.24) is 10.3 Å². The molecule has 0 aliphatic rings. The lowest BCUT2D eigenvalue weighted by atomic mass is 10.1. The number of rotatable bonds is 6. The Kier molecular flexibility index (Phi) is 7.50. The number of hydrogen-bond donors (Lipinski definition) is 2. The lowest BCUT2D eigenvalue weighted by molar-refractivity contribution is 0.0519. The van der Waals surface area contributed by atoms with Crippen LogP contribution in [-0.2, 0) is 16.1 Å². The number of carbonyl (C=O) groups is 2. The van der Waals surface area contributed by atoms with Gasteiger partial charge in [0.15, 0.2) is 0 Å². The molecule has 2 rings (SSSR count). The number of H-pyrrole nitrogens is 1. The molecule has 2 N–H and O–H groups in total. The first-order valence-electron chi connectivity index (χ1n) is 8.82. The number of benzene rings is 1. The Bertz CT molecular complexity index is 844. The van der Waals surface area contributed by atoms with Crippen LogP contribution in [-0.4, -0.2) is 30.2 Å². The van der Waals surface area contributed by atoms with Crippen LogP contribution in [0.1, 0.15) is 46.2 Å². The Morgan fingerprint density at radius 1 is 1.15 bits per heavy atom. The predicted octanol–water partition coefficient (Wildman–Crippen LogP) is 3.48. The molecular weight excluding hydrogens is 344 g/mol. The molecule has 0 aliphatic carbocycles. The maximum atomic E-state index is 11.9. The third kappa shape index (κ3) is 5.93. The molecule has 0 atom stereocenters. The number of aromatic nitrogens is 1. The van der Waals surface area contributed by atoms with Crippen LogP contribution in [0.25, 0.3) is 0 Å². The number of carbonyl (C=O) groups excluding carboxylic acids is 2. The standard InChI is InChI=1S/C21H24N2O4/c1-4-26-20(24)19-15(2)18(16(3)23-19)12-8-9-13-22-21(25)27-14-17-10-6-5-7-11-17/h5-7,10-11,23H,4,9,13-14H2,1-3H3,(H,22,25). The molecule has 0 fully saturated rings. The molecule has 0 aliphatic heterocycles. The average Bonchev–Trinajstić information content (AvgIpc) is 2.95. The molecule has 142 valence electrons. The molecule has 1 amide bonds. The smallest absolute Gasteiger partial charge is 0.407 e. The van der Waals surface area contributed by atoms with Crippen LogP contribution in [0.2, 0.25) is 0 Å². The van der Waals surface area contributed by atoms with E-state index in [1.54, 1.807) is 6.92 Å². The van der Waals surface area contributed by atoms with Crippen LogP contribution >= 0.6 is 0 Å². The fourth-order valence-electron chi connectivity index (χ4n) is 2.50. The van der Waals surface area contributed by atoms with Gasteiger partial charge in [0, 0.05) is 24.2 Å². The monoisotopic (exact) mass is 368 g/mol. The fourth-order valence-corrected chi connectivity index (χ4v) is 2.50. The van der Waals surface area contributed by atoms with E-state index in [2.05, 4.69) is 22.1 Å². The Labute approximate surface area is 159 Å². The number of nitrogens with one attached hydrogen (secondary N) is 2. The van der Waals surface area contributed by atoms with E-state index in [0.29, 0.717) is 25.3 Å². The maximum absolute atomic E-state index is 11.9. The van der Waals surface area contributed by atoms with Gasteiger partial charge in [-0.2, -0.15) is 0 Å². The van der Waals surface area contributed by atoms with Gasteiger partial charge in [-0.3, -0.25) is 0 Å². The zero-order chi connectivity index (χ0) is 19.6. The van der Waals surface area contributed by atoms with Gasteiger partial charge >= 0.3 is 12.1 Å². The summed E-state index contributed by atoms with van der Waals surface area (Å²) in [7, 11) is 0. The van der Waals surface area contributed by atoms with Crippen molar-refractivity contribution in [1.29, 1.82) is 0 Å². The van der Waals surface area contributed by atoms with Crippen LogP contribution in [0, 0.1) is 25.7 Å². The first-order valence-corrected chi connectivity index (χ1v) is 8.82. The normalized spacial score (nSPS) is 9.89. The van der Waals surface area contributed by atoms with Gasteiger partial charge in [-0.1, -0.05) is 42.2 Å². The third-order valence-electron chi connectivity index (χ3n) is 3.86. The summed E-state index contributed by atoms with van der Waals surface area (Å²) >= 11 is 0. The molecule has 0 saturated heterocycles. The number of amides is 1. The van der Waals surface area contributed by atoms with Crippen molar-refractivity contribution >= 4 is 12.1 Å². The summed E-state index contributed by atoms with van der Waals surface area (Å²) in [6, 6.07) is 9.48. The van der Waals surface area contributed by atoms with Crippen molar-refractivity contribution in [3.63, 3.8) is 0 Å². The van der Waals surface area contributed by atoms with Crippen LogP contribution in [0.3, 0.4) is 0 Å². The minimum atomic E-state index is -0.473. The lowest BCUT2D eigenvalue weighted by Crippen LogP contribution is -2.24. The molecule has 6 heteroatoms. The Morgan fingerprint density at radius 2 is 1.89 bits per heavy atom. The van der Waals surface area contributed by atoms with Crippen LogP contribution < -0.4 is 5.32 Å². The number of ether oxygens (including phenoxy) is 2. The molecule has 2 aromatic rings. The summed E-state index contributed by atoms with van der Waals surface area (Å²) in [6.45, 7) is 6.40. The summed E-state index contributed by atoms with van der Waals surface area (Å²) in [5, 5.41) is 2.66. The zero-order valence-electron chi connectivity index (χ0n) is 15.8. The molecular formula is C21H24N2O4. The van der Waals surface area contributed by atoms with Crippen molar-refractivity contribution < 1.29 is 19.1 Å². The van der Waals surface area contributed by atoms with Crippen molar-refractivity contribution in [2.75, 3.05) is 13.2 Å². The van der Waals surface area contributed by atoms with Crippen LogP contribution in [0.5, 0.6) is 0 Å². The van der Waals surface area contributed by atoms with Gasteiger partial charge in [-0.25, -0.2) is 9.59 Å². The maximum Gasteiger partial charge on any atom is 0.407 e. The summed E-state index contributed by atoms with van der Waals surface area (Å²) < 4.78 is 10.2. The van der Waals surface area contributed by atoms with E-state index in [-0.39, 0.29) is 12.6 Å². The second-order valence-electron chi connectivity index (χ2n) is 5.89. The van der Waals surface area contributed by atoms with Crippen molar-refractivity contribution in [3.05, 3.63) is 58.4 Å². The summed E-state index contributed by atoms with van der Waals surface area (Å²) in [4.78, 5) is 26.6. The van der Waals surface area contributed by atoms with E-state index in [1.807, 2.05) is 44.2 Å². The molecule has 0 bridgehead atoms. The van der Waals surface area contributed by atoms with Gasteiger partial charge in [0.05, 0.1) is 6.61 Å². The van der Waals surface area contributed by atoms with E-state index < -0.39 is 6.09 Å². The van der Waals surface area contributed by atoms with E-state index in [9.17, 15) is 9.59 Å². The van der Waals surface area contributed by atoms with Gasteiger partial charge in [0.2, 0.25) is 0 Å². The Morgan fingerprint density at radius 3 is 2.59 bits per heavy atom. The predicted molar refractivity (Wildman–Crippen MR) is 102 cm³/mol. The molecule has 27 heavy (non-hydrogen) atoms. The first kappa shape index (κ1) is 20.1. The highest BCUT2D eigenvalue weighted by molar-refractivity contribution is 5.90. The van der Waals surface area contributed by atoms with E-state index in [1.165, 1.54) is 0 Å². The fraction of sp³-hybridized carbons (Fsp3) is 0.333. The Hall–Kier alpha value is -3.20. The van der Waals surface area contributed by atoms with Gasteiger partial charge in [-0.05, 0) is 31.9 Å². The molecule has 0 unspecified atom stereocenters. The van der Waals surface area contributed by atoms with Crippen LogP contribution in [0.15, 0.2) is 30.3 Å². The highest BCUT2D eigenvalue weighted by Gasteiger charge is 2.16. The third-order valence-corrected chi connectivity index (χ3v) is 3.86. The van der Waals surface area contributed by atoms with Crippen molar-refractivity contribution in [2.24, 2.45) is 0 Å². The molecule has 0 spiro atoms. The van der Waals surface area contributed by atoms with Gasteiger partial charge in [-0.15, -0.1) is 0 Å². The highest BCUT2D eigenvalue weighted by atomic mass is 16.5. The SMILES string of the molecule is CCOC(=O)c1[nH]c(C)c(C#CCCNC(=O)OCc2ccccc2)c1C. The molecule has 0 radical (unpaired) electrons. The quantitative estimate of drug-likeness (QED) is 0.465. The minimum Gasteiger partial charge on any atom is -0.461 e. The summed E-state index contributed by atoms with van der Waals surface area (Å²) in [5.74, 6) is 5.67. The molecule has 1 aromatic heterocycles. The summed E-state index contributed by atoms with van der Waals surface area (Å²) in [6.07, 6.45) is -0.00145. The summed E-state index contributed by atoms with van der Waals surface area (Å²) in [5.41, 5.74) is 3.74. The molecule has 6 nitrogen and oxygen atoms in total. The molecule has 0 saturated carbocycles. The first-order chi connectivity index (χ1) is 13.0. The topological polar surface area (TPSA) is 80.4 Å². The van der Waals surface area contributed by atoms with E-state index in [4.69, 9.17) is 9.47 Å². The number of aromatic amines is 1. The van der Waals surface area contributed by atoms with Gasteiger partial charge in [0.25, 0.3) is 0 Å². The largest absolute Gasteiger partial charge is 0.461 e. The van der Waals surface area contributed by atoms with Crippen LogP contribution in [0.4, 0.5) is 4.79 Å². The second kappa shape index (κ2) is 10.1. The lowest BCUT2D eigenvalue weighted by Gasteiger charge is -2.05. The number of hydrogen-bond acceptors (Lipinski definition) is 4. The van der Waals surface area contributed by atoms with E-state index >= 15 is 0 Å². The zero-order valence-corrected chi connectivity index (χ0v) is 15.8. The highest BCUT2D eigenvalue weighted by Crippen LogP contribution is 2.17. The molecule has 1 heterocycles. The molecule has 1 aromatic carbocycles. The van der Waals surface area contributed by atoms with Crippen molar-refractivity contribution in [3.8, 4) is 11.8 Å². The van der Waals surface area contributed by atoms with Gasteiger partial charge < -0.3 is 19.8 Å². The second-order valence-corrected chi connectivity index (χ2v) is 5.89.